The predicted molar refractivity (Wildman–Crippen MR) is 134 cm³/mol. The van der Waals surface area contributed by atoms with Gasteiger partial charge in [-0.15, -0.1) is 0 Å². The number of anilines is 2. The minimum Gasteiger partial charge on any atom is -0.371 e. The maximum Gasteiger partial charge on any atom is 0.269 e. The fourth-order valence-electron chi connectivity index (χ4n) is 4.10. The number of para-hydroxylation sites is 1. The van der Waals surface area contributed by atoms with Gasteiger partial charge in [-0.05, 0) is 48.7 Å². The second-order valence-corrected chi connectivity index (χ2v) is 10.0. The first-order valence-corrected chi connectivity index (χ1v) is 12.7. The van der Waals surface area contributed by atoms with Crippen molar-refractivity contribution in [3.8, 4) is 0 Å². The number of non-ortho nitro benzene ring substituents is 1. The minimum absolute atomic E-state index is 0.0267. The Balaban J connectivity index is 1.42. The second-order valence-electron chi connectivity index (χ2n) is 8.17. The van der Waals surface area contributed by atoms with Gasteiger partial charge in [-0.3, -0.25) is 19.2 Å². The third kappa shape index (κ3) is 5.60. The number of amides is 1. The van der Waals surface area contributed by atoms with E-state index >= 15 is 0 Å². The third-order valence-corrected chi connectivity index (χ3v) is 7.67. The van der Waals surface area contributed by atoms with Gasteiger partial charge in [0.15, 0.2) is 0 Å². The summed E-state index contributed by atoms with van der Waals surface area (Å²) in [7, 11) is -4.07. The Kier molecular flexibility index (Phi) is 7.31. The number of benzene rings is 3. The number of sulfonamides is 1. The van der Waals surface area contributed by atoms with Gasteiger partial charge < -0.3 is 10.2 Å². The van der Waals surface area contributed by atoms with Crippen LogP contribution >= 0.6 is 0 Å². The molecule has 1 aliphatic rings. The Bertz CT molecular complexity index is 1300. The lowest BCUT2D eigenvalue weighted by atomic mass is 10.2. The van der Waals surface area contributed by atoms with Crippen molar-refractivity contribution < 1.29 is 18.1 Å². The fraction of sp³-hybridized carbons (Fsp3) is 0.240. The molecule has 9 nitrogen and oxygen atoms in total. The summed E-state index contributed by atoms with van der Waals surface area (Å²) in [5, 5.41) is 13.8. The number of nitrogens with zero attached hydrogens (tertiary/aromatic N) is 3. The van der Waals surface area contributed by atoms with Gasteiger partial charge in [0.1, 0.15) is 6.54 Å². The van der Waals surface area contributed by atoms with Crippen LogP contribution in [-0.4, -0.2) is 45.4 Å². The number of carbonyl (C=O) groups is 1. The summed E-state index contributed by atoms with van der Waals surface area (Å²) in [5.41, 5.74) is 2.54. The van der Waals surface area contributed by atoms with E-state index in [-0.39, 0.29) is 16.3 Å². The number of nitrogens with one attached hydrogen (secondary N) is 1. The van der Waals surface area contributed by atoms with Crippen LogP contribution in [0.25, 0.3) is 0 Å². The molecule has 182 valence electrons. The fourth-order valence-corrected chi connectivity index (χ4v) is 5.54. The number of hydrogen-bond donors (Lipinski definition) is 1. The summed E-state index contributed by atoms with van der Waals surface area (Å²) < 4.78 is 27.6. The van der Waals surface area contributed by atoms with Crippen LogP contribution < -0.4 is 14.5 Å². The molecular weight excluding hydrogens is 468 g/mol. The molecule has 0 atom stereocenters. The molecule has 1 amide bonds. The van der Waals surface area contributed by atoms with Crippen molar-refractivity contribution in [2.24, 2.45) is 0 Å². The molecule has 0 unspecified atom stereocenters. The molecule has 1 aliphatic heterocycles. The topological polar surface area (TPSA) is 113 Å². The van der Waals surface area contributed by atoms with E-state index in [0.717, 1.165) is 23.8 Å². The molecule has 1 heterocycles. The third-order valence-electron chi connectivity index (χ3n) is 5.88. The highest BCUT2D eigenvalue weighted by atomic mass is 32.2. The average Bonchev–Trinajstić information content (AvgIpc) is 3.29. The first-order valence-electron chi connectivity index (χ1n) is 11.3. The Morgan fingerprint density at radius 2 is 1.69 bits per heavy atom. The van der Waals surface area contributed by atoms with Gasteiger partial charge in [-0.2, -0.15) is 0 Å². The van der Waals surface area contributed by atoms with Crippen LogP contribution in [0.15, 0.2) is 83.8 Å². The molecule has 0 saturated heterocycles. The van der Waals surface area contributed by atoms with Crippen molar-refractivity contribution in [3.63, 3.8) is 0 Å². The van der Waals surface area contributed by atoms with Gasteiger partial charge in [0.05, 0.1) is 15.5 Å². The maximum absolute atomic E-state index is 13.3. The molecule has 0 spiro atoms. The van der Waals surface area contributed by atoms with Crippen LogP contribution in [0.3, 0.4) is 0 Å². The van der Waals surface area contributed by atoms with Gasteiger partial charge in [-0.1, -0.05) is 36.4 Å². The van der Waals surface area contributed by atoms with Crippen LogP contribution in [0.4, 0.5) is 17.1 Å². The van der Waals surface area contributed by atoms with Crippen molar-refractivity contribution in [2.45, 2.75) is 17.7 Å². The van der Waals surface area contributed by atoms with E-state index in [9.17, 15) is 23.3 Å². The molecule has 0 fully saturated rings. The largest absolute Gasteiger partial charge is 0.371 e. The van der Waals surface area contributed by atoms with Crippen molar-refractivity contribution in [3.05, 3.63) is 94.5 Å². The molecule has 0 aliphatic carbocycles. The monoisotopic (exact) mass is 494 g/mol. The van der Waals surface area contributed by atoms with E-state index in [4.69, 9.17) is 0 Å². The number of hydrogen-bond acceptors (Lipinski definition) is 6. The Labute approximate surface area is 204 Å². The molecular formula is C25H26N4O5S. The summed E-state index contributed by atoms with van der Waals surface area (Å²) in [5.74, 6) is -0.454. The van der Waals surface area contributed by atoms with Crippen molar-refractivity contribution >= 4 is 33.0 Å². The summed E-state index contributed by atoms with van der Waals surface area (Å²) in [6.07, 6.45) is 1.72. The number of rotatable bonds is 10. The summed E-state index contributed by atoms with van der Waals surface area (Å²) in [4.78, 5) is 25.5. The summed E-state index contributed by atoms with van der Waals surface area (Å²) >= 11 is 0. The Hall–Kier alpha value is -3.92. The molecule has 10 heteroatoms. The van der Waals surface area contributed by atoms with Crippen LogP contribution in [0.2, 0.25) is 0 Å². The van der Waals surface area contributed by atoms with Crippen molar-refractivity contribution in [2.75, 3.05) is 35.4 Å². The molecule has 4 rings (SSSR count). The average molecular weight is 495 g/mol. The second kappa shape index (κ2) is 10.6. The summed E-state index contributed by atoms with van der Waals surface area (Å²) in [6.45, 7) is 1.68. The molecule has 1 N–H and O–H groups in total. The van der Waals surface area contributed by atoms with Crippen molar-refractivity contribution in [1.29, 1.82) is 0 Å². The van der Waals surface area contributed by atoms with E-state index in [1.54, 1.807) is 18.2 Å². The molecule has 0 bridgehead atoms. The first-order chi connectivity index (χ1) is 16.9. The van der Waals surface area contributed by atoms with E-state index in [0.29, 0.717) is 13.0 Å². The molecule has 3 aromatic rings. The zero-order chi connectivity index (χ0) is 24.8. The molecule has 0 aromatic heterocycles. The standard InChI is InChI=1S/C25H26N4O5S/c30-25(26-16-6-17-27-18-15-20-7-4-5-10-24(20)27)19-28(21-11-13-22(14-12-21)29(31)32)35(33,34)23-8-2-1-3-9-23/h1-5,7-14H,6,15-19H2,(H,26,30). The van der Waals surface area contributed by atoms with Gasteiger partial charge in [0, 0.05) is 37.5 Å². The van der Waals surface area contributed by atoms with E-state index in [1.807, 2.05) is 12.1 Å². The van der Waals surface area contributed by atoms with Gasteiger partial charge in [0.25, 0.3) is 15.7 Å². The quantitative estimate of drug-likeness (QED) is 0.263. The van der Waals surface area contributed by atoms with E-state index in [2.05, 4.69) is 22.3 Å². The first kappa shape index (κ1) is 24.2. The SMILES string of the molecule is O=C(CN(c1ccc([N+](=O)[O-])cc1)S(=O)(=O)c1ccccc1)NCCCN1CCc2ccccc21. The van der Waals surface area contributed by atoms with Gasteiger partial charge in [-0.25, -0.2) is 8.42 Å². The maximum atomic E-state index is 13.3. The molecule has 35 heavy (non-hydrogen) atoms. The molecule has 0 saturated carbocycles. The zero-order valence-electron chi connectivity index (χ0n) is 19.0. The lowest BCUT2D eigenvalue weighted by Crippen LogP contribution is -2.41. The smallest absolute Gasteiger partial charge is 0.269 e. The predicted octanol–water partition coefficient (Wildman–Crippen LogP) is 3.36. The number of nitro benzene ring substituents is 1. The summed E-state index contributed by atoms with van der Waals surface area (Å²) in [6, 6.07) is 21.1. The van der Waals surface area contributed by atoms with Gasteiger partial charge in [0.2, 0.25) is 5.91 Å². The lowest BCUT2D eigenvalue weighted by molar-refractivity contribution is -0.384. The number of carbonyl (C=O) groups excluding carboxylic acids is 1. The lowest BCUT2D eigenvalue weighted by Gasteiger charge is -2.24. The van der Waals surface area contributed by atoms with Crippen LogP contribution in [0, 0.1) is 10.1 Å². The highest BCUT2D eigenvalue weighted by molar-refractivity contribution is 7.92. The van der Waals surface area contributed by atoms with Crippen LogP contribution in [0.1, 0.15) is 12.0 Å². The van der Waals surface area contributed by atoms with E-state index in [1.165, 1.54) is 47.6 Å². The highest BCUT2D eigenvalue weighted by Crippen LogP contribution is 2.27. The minimum atomic E-state index is -4.07. The highest BCUT2D eigenvalue weighted by Gasteiger charge is 2.27. The normalized spacial score (nSPS) is 12.7. The Morgan fingerprint density at radius 3 is 2.40 bits per heavy atom. The zero-order valence-corrected chi connectivity index (χ0v) is 19.9. The molecule has 0 radical (unpaired) electrons. The number of fused-ring (bicyclic) bond motifs is 1. The Morgan fingerprint density at radius 1 is 1.00 bits per heavy atom. The van der Waals surface area contributed by atoms with Crippen LogP contribution in [-0.2, 0) is 21.2 Å². The number of nitro groups is 1. The van der Waals surface area contributed by atoms with Crippen molar-refractivity contribution in [1.82, 2.24) is 5.32 Å². The van der Waals surface area contributed by atoms with E-state index < -0.39 is 27.4 Å². The van der Waals surface area contributed by atoms with Crippen LogP contribution in [0.5, 0.6) is 0 Å². The molecule has 3 aromatic carbocycles. The van der Waals surface area contributed by atoms with Gasteiger partial charge >= 0.3 is 0 Å².